The van der Waals surface area contributed by atoms with Gasteiger partial charge in [-0.15, -0.1) is 0 Å². The monoisotopic (exact) mass is 234 g/mol. The summed E-state index contributed by atoms with van der Waals surface area (Å²) in [5, 5.41) is 0. The number of anilines is 1. The average molecular weight is 234 g/mol. The van der Waals surface area contributed by atoms with E-state index in [4.69, 9.17) is 5.73 Å². The molecular formula is C15H26N2. The summed E-state index contributed by atoms with van der Waals surface area (Å²) in [5.41, 5.74) is 8.78. The summed E-state index contributed by atoms with van der Waals surface area (Å²) in [7, 11) is 0. The van der Waals surface area contributed by atoms with Crippen LogP contribution in [-0.4, -0.2) is 12.6 Å². The molecule has 0 heterocycles. The smallest absolute Gasteiger partial charge is 0.0416 e. The third-order valence-corrected chi connectivity index (χ3v) is 3.55. The van der Waals surface area contributed by atoms with Crippen molar-refractivity contribution in [3.8, 4) is 0 Å². The lowest BCUT2D eigenvalue weighted by molar-refractivity contribution is 0.618. The largest absolute Gasteiger partial charge is 0.369 e. The Morgan fingerprint density at radius 1 is 1.12 bits per heavy atom. The van der Waals surface area contributed by atoms with Gasteiger partial charge < -0.3 is 10.6 Å². The highest BCUT2D eigenvalue weighted by Gasteiger charge is 2.16. The zero-order valence-corrected chi connectivity index (χ0v) is 11.6. The Balaban J connectivity index is 3.10. The van der Waals surface area contributed by atoms with Crippen molar-refractivity contribution >= 4 is 5.69 Å². The molecule has 0 aliphatic rings. The Hall–Kier alpha value is -1.02. The van der Waals surface area contributed by atoms with E-state index in [-0.39, 0.29) is 6.04 Å². The molecule has 1 rings (SSSR count). The van der Waals surface area contributed by atoms with Crippen LogP contribution in [0.3, 0.4) is 0 Å². The molecule has 0 bridgehead atoms. The van der Waals surface area contributed by atoms with E-state index < -0.39 is 0 Å². The van der Waals surface area contributed by atoms with Crippen molar-refractivity contribution in [2.45, 2.75) is 52.6 Å². The molecule has 1 aromatic rings. The second kappa shape index (κ2) is 6.65. The van der Waals surface area contributed by atoms with E-state index in [0.717, 1.165) is 19.4 Å². The first-order valence-electron chi connectivity index (χ1n) is 6.76. The molecule has 0 aromatic heterocycles. The van der Waals surface area contributed by atoms with Crippen LogP contribution in [0.5, 0.6) is 0 Å². The fourth-order valence-electron chi connectivity index (χ4n) is 2.22. The molecule has 2 nitrogen and oxygen atoms in total. The maximum Gasteiger partial charge on any atom is 0.0416 e. The van der Waals surface area contributed by atoms with Crippen LogP contribution >= 0.6 is 0 Å². The number of benzene rings is 1. The SMILES string of the molecule is CCC(C)N(CC)c1ccccc1[C@@H](N)CC. The molecule has 1 aromatic carbocycles. The zero-order chi connectivity index (χ0) is 12.8. The second-order valence-electron chi connectivity index (χ2n) is 4.62. The lowest BCUT2D eigenvalue weighted by Gasteiger charge is -2.32. The van der Waals surface area contributed by atoms with Crippen LogP contribution < -0.4 is 10.6 Å². The summed E-state index contributed by atoms with van der Waals surface area (Å²) < 4.78 is 0. The molecule has 0 saturated carbocycles. The van der Waals surface area contributed by atoms with Crippen molar-refractivity contribution in [1.29, 1.82) is 0 Å². The fourth-order valence-corrected chi connectivity index (χ4v) is 2.22. The van der Waals surface area contributed by atoms with Gasteiger partial charge in [0.25, 0.3) is 0 Å². The van der Waals surface area contributed by atoms with Gasteiger partial charge in [0.05, 0.1) is 0 Å². The molecular weight excluding hydrogens is 208 g/mol. The maximum absolute atomic E-state index is 6.20. The van der Waals surface area contributed by atoms with Gasteiger partial charge in [0.1, 0.15) is 0 Å². The lowest BCUT2D eigenvalue weighted by atomic mass is 10.0. The van der Waals surface area contributed by atoms with E-state index in [1.54, 1.807) is 0 Å². The Kier molecular flexibility index (Phi) is 5.49. The molecule has 0 spiro atoms. The standard InChI is InChI=1S/C15H26N2/c1-5-12(4)17(7-3)15-11-9-8-10-13(15)14(16)6-2/h8-12,14H,5-7,16H2,1-4H3/t12?,14-/m0/s1. The normalized spacial score (nSPS) is 14.4. The van der Waals surface area contributed by atoms with Crippen LogP contribution in [0.2, 0.25) is 0 Å². The Labute approximate surface area is 106 Å². The van der Waals surface area contributed by atoms with E-state index in [2.05, 4.69) is 56.9 Å². The summed E-state index contributed by atoms with van der Waals surface area (Å²) in [6.07, 6.45) is 2.14. The van der Waals surface area contributed by atoms with Crippen molar-refractivity contribution in [2.75, 3.05) is 11.4 Å². The van der Waals surface area contributed by atoms with Crippen molar-refractivity contribution in [3.63, 3.8) is 0 Å². The van der Waals surface area contributed by atoms with Crippen LogP contribution in [0.1, 0.15) is 52.1 Å². The third-order valence-electron chi connectivity index (χ3n) is 3.55. The summed E-state index contributed by atoms with van der Waals surface area (Å²) in [5.74, 6) is 0. The molecule has 0 fully saturated rings. The third kappa shape index (κ3) is 3.22. The second-order valence-corrected chi connectivity index (χ2v) is 4.62. The molecule has 2 heteroatoms. The summed E-state index contributed by atoms with van der Waals surface area (Å²) in [6.45, 7) is 9.89. The van der Waals surface area contributed by atoms with Crippen molar-refractivity contribution < 1.29 is 0 Å². The molecule has 2 atom stereocenters. The van der Waals surface area contributed by atoms with Gasteiger partial charge in [0.2, 0.25) is 0 Å². The first-order chi connectivity index (χ1) is 8.15. The van der Waals surface area contributed by atoms with Gasteiger partial charge in [-0.3, -0.25) is 0 Å². The first kappa shape index (κ1) is 14.0. The van der Waals surface area contributed by atoms with Gasteiger partial charge in [-0.2, -0.15) is 0 Å². The minimum absolute atomic E-state index is 0.143. The number of nitrogens with two attached hydrogens (primary N) is 1. The molecule has 0 aliphatic carbocycles. The topological polar surface area (TPSA) is 29.3 Å². The summed E-state index contributed by atoms with van der Waals surface area (Å²) in [4.78, 5) is 2.45. The molecule has 0 saturated heterocycles. The van der Waals surface area contributed by atoms with Gasteiger partial charge in [0.15, 0.2) is 0 Å². The van der Waals surface area contributed by atoms with Gasteiger partial charge in [0, 0.05) is 24.3 Å². The van der Waals surface area contributed by atoms with Gasteiger partial charge in [-0.25, -0.2) is 0 Å². The minimum atomic E-state index is 0.143. The fraction of sp³-hybridized carbons (Fsp3) is 0.600. The highest BCUT2D eigenvalue weighted by Crippen LogP contribution is 2.28. The number of rotatable bonds is 6. The van der Waals surface area contributed by atoms with E-state index in [9.17, 15) is 0 Å². The van der Waals surface area contributed by atoms with E-state index in [1.165, 1.54) is 11.3 Å². The molecule has 96 valence electrons. The highest BCUT2D eigenvalue weighted by atomic mass is 15.2. The predicted octanol–water partition coefficient (Wildman–Crippen LogP) is 3.72. The van der Waals surface area contributed by atoms with Crippen LogP contribution in [0.15, 0.2) is 24.3 Å². The van der Waals surface area contributed by atoms with E-state index in [1.807, 2.05) is 0 Å². The maximum atomic E-state index is 6.20. The lowest BCUT2D eigenvalue weighted by Crippen LogP contribution is -2.33. The molecule has 0 amide bonds. The van der Waals surface area contributed by atoms with Gasteiger partial charge in [-0.1, -0.05) is 32.0 Å². The Morgan fingerprint density at radius 2 is 1.76 bits per heavy atom. The average Bonchev–Trinajstić information content (AvgIpc) is 2.39. The van der Waals surface area contributed by atoms with Crippen LogP contribution in [-0.2, 0) is 0 Å². The Morgan fingerprint density at radius 3 is 2.29 bits per heavy atom. The van der Waals surface area contributed by atoms with Gasteiger partial charge >= 0.3 is 0 Å². The van der Waals surface area contributed by atoms with Crippen LogP contribution in [0.4, 0.5) is 5.69 Å². The molecule has 17 heavy (non-hydrogen) atoms. The molecule has 0 radical (unpaired) electrons. The number of hydrogen-bond acceptors (Lipinski definition) is 2. The Bertz CT molecular complexity index is 335. The molecule has 1 unspecified atom stereocenters. The van der Waals surface area contributed by atoms with Crippen LogP contribution in [0.25, 0.3) is 0 Å². The molecule has 0 aliphatic heterocycles. The van der Waals surface area contributed by atoms with Gasteiger partial charge in [-0.05, 0) is 38.3 Å². The number of para-hydroxylation sites is 1. The minimum Gasteiger partial charge on any atom is -0.369 e. The highest BCUT2D eigenvalue weighted by molar-refractivity contribution is 5.55. The van der Waals surface area contributed by atoms with E-state index >= 15 is 0 Å². The number of nitrogens with zero attached hydrogens (tertiary/aromatic N) is 1. The predicted molar refractivity (Wildman–Crippen MR) is 76.4 cm³/mol. The van der Waals surface area contributed by atoms with Crippen LogP contribution in [0, 0.1) is 0 Å². The summed E-state index contributed by atoms with van der Waals surface area (Å²) in [6, 6.07) is 9.25. The number of hydrogen-bond donors (Lipinski definition) is 1. The first-order valence-corrected chi connectivity index (χ1v) is 6.76. The van der Waals surface area contributed by atoms with Crippen molar-refractivity contribution in [3.05, 3.63) is 29.8 Å². The quantitative estimate of drug-likeness (QED) is 0.813. The van der Waals surface area contributed by atoms with E-state index in [0.29, 0.717) is 6.04 Å². The molecule has 2 N–H and O–H groups in total. The zero-order valence-electron chi connectivity index (χ0n) is 11.6. The van der Waals surface area contributed by atoms with Crippen molar-refractivity contribution in [1.82, 2.24) is 0 Å². The van der Waals surface area contributed by atoms with Crippen molar-refractivity contribution in [2.24, 2.45) is 5.73 Å². The summed E-state index contributed by atoms with van der Waals surface area (Å²) >= 11 is 0.